The zero-order valence-electron chi connectivity index (χ0n) is 15.4. The highest BCUT2D eigenvalue weighted by Crippen LogP contribution is 2.11. The van der Waals surface area contributed by atoms with Crippen molar-refractivity contribution in [1.29, 1.82) is 0 Å². The highest BCUT2D eigenvalue weighted by molar-refractivity contribution is 5.89. The molecule has 2 aromatic heterocycles. The molecule has 0 aliphatic carbocycles. The molecule has 1 amide bonds. The first-order valence-electron chi connectivity index (χ1n) is 8.84. The van der Waals surface area contributed by atoms with Gasteiger partial charge in [-0.3, -0.25) is 9.48 Å². The van der Waals surface area contributed by atoms with E-state index in [-0.39, 0.29) is 12.6 Å². The van der Waals surface area contributed by atoms with Crippen LogP contribution in [0.1, 0.15) is 29.9 Å². The quantitative estimate of drug-likeness (QED) is 0.480. The number of carbonyl (C=O) groups excluding carboxylic acids is 2. The number of nitrogens with one attached hydrogen (secondary N) is 1. The van der Waals surface area contributed by atoms with Gasteiger partial charge in [0.2, 0.25) is 0 Å². The summed E-state index contributed by atoms with van der Waals surface area (Å²) in [6, 6.07) is 13.2. The molecule has 7 nitrogen and oxygen atoms in total. The molecule has 3 rings (SSSR count). The molecule has 3 aromatic rings. The maximum Gasteiger partial charge on any atom is 0.331 e. The van der Waals surface area contributed by atoms with Crippen molar-refractivity contribution in [3.05, 3.63) is 84.1 Å². The van der Waals surface area contributed by atoms with Gasteiger partial charge in [-0.15, -0.1) is 0 Å². The van der Waals surface area contributed by atoms with Gasteiger partial charge < -0.3 is 14.5 Å². The van der Waals surface area contributed by atoms with Crippen molar-refractivity contribution < 1.29 is 18.7 Å². The minimum Gasteiger partial charge on any atom is -0.467 e. The molecule has 0 aliphatic rings. The zero-order chi connectivity index (χ0) is 19.8. The van der Waals surface area contributed by atoms with Crippen molar-refractivity contribution in [2.45, 2.75) is 19.5 Å². The molecule has 2 heterocycles. The van der Waals surface area contributed by atoms with Crippen LogP contribution in [-0.4, -0.2) is 28.3 Å². The fourth-order valence-electron chi connectivity index (χ4n) is 2.56. The molecule has 0 unspecified atom stereocenters. The summed E-state index contributed by atoms with van der Waals surface area (Å²) >= 11 is 0. The van der Waals surface area contributed by atoms with Crippen LogP contribution >= 0.6 is 0 Å². The second-order valence-electron chi connectivity index (χ2n) is 6.20. The molecule has 0 saturated heterocycles. The van der Waals surface area contributed by atoms with E-state index in [4.69, 9.17) is 9.15 Å². The van der Waals surface area contributed by atoms with E-state index in [1.54, 1.807) is 36.0 Å². The Hall–Kier alpha value is -3.61. The third-order valence-electron chi connectivity index (χ3n) is 3.95. The number of nitrogens with zero attached hydrogens (tertiary/aromatic N) is 2. The van der Waals surface area contributed by atoms with Gasteiger partial charge in [0, 0.05) is 17.8 Å². The molecule has 0 fully saturated rings. The first-order chi connectivity index (χ1) is 13.6. The van der Waals surface area contributed by atoms with Crippen molar-refractivity contribution in [3.8, 4) is 0 Å². The fraction of sp³-hybridized carbons (Fsp3) is 0.190. The number of ether oxygens (including phenoxy) is 1. The standard InChI is InChI=1S/C21H21N3O4/c1-16(19-8-5-11-27-19)23-20(25)15-28-21(26)10-9-18-12-22-24(14-18)13-17-6-3-2-4-7-17/h2-12,14,16H,13,15H2,1H3,(H,23,25)/b10-9+/t16-/m0/s1. The monoisotopic (exact) mass is 379 g/mol. The van der Waals surface area contributed by atoms with Gasteiger partial charge >= 0.3 is 5.97 Å². The lowest BCUT2D eigenvalue weighted by molar-refractivity contribution is -0.144. The van der Waals surface area contributed by atoms with Crippen molar-refractivity contribution in [3.63, 3.8) is 0 Å². The summed E-state index contributed by atoms with van der Waals surface area (Å²) in [5.74, 6) is -0.370. The summed E-state index contributed by atoms with van der Waals surface area (Å²) in [4.78, 5) is 23.6. The number of hydrogen-bond donors (Lipinski definition) is 1. The normalized spacial score (nSPS) is 12.0. The number of rotatable bonds is 8. The van der Waals surface area contributed by atoms with Crippen molar-refractivity contribution in [2.75, 3.05) is 6.61 Å². The first kappa shape index (κ1) is 19.2. The highest BCUT2D eigenvalue weighted by Gasteiger charge is 2.12. The number of esters is 1. The maximum absolute atomic E-state index is 11.8. The topological polar surface area (TPSA) is 86.4 Å². The van der Waals surface area contributed by atoms with Crippen molar-refractivity contribution in [2.24, 2.45) is 0 Å². The smallest absolute Gasteiger partial charge is 0.331 e. The molecule has 1 N–H and O–H groups in total. The van der Waals surface area contributed by atoms with Gasteiger partial charge in [0.15, 0.2) is 6.61 Å². The van der Waals surface area contributed by atoms with Crippen LogP contribution in [0.5, 0.6) is 0 Å². The van der Waals surface area contributed by atoms with Crippen LogP contribution in [0.3, 0.4) is 0 Å². The number of benzene rings is 1. The Bertz CT molecular complexity index is 930. The summed E-state index contributed by atoms with van der Waals surface area (Å²) in [5.41, 5.74) is 1.90. The van der Waals surface area contributed by atoms with Gasteiger partial charge in [0.1, 0.15) is 5.76 Å². The molecular weight excluding hydrogens is 358 g/mol. The molecule has 0 bridgehead atoms. The molecule has 1 atom stereocenters. The second-order valence-corrected chi connectivity index (χ2v) is 6.20. The Labute approximate surface area is 162 Å². The first-order valence-corrected chi connectivity index (χ1v) is 8.84. The average Bonchev–Trinajstić information content (AvgIpc) is 3.38. The van der Waals surface area contributed by atoms with Crippen LogP contribution < -0.4 is 5.32 Å². The Balaban J connectivity index is 1.43. The van der Waals surface area contributed by atoms with E-state index in [9.17, 15) is 9.59 Å². The Kier molecular flexibility index (Phi) is 6.41. The Morgan fingerprint density at radius 2 is 2.07 bits per heavy atom. The Morgan fingerprint density at radius 3 is 2.82 bits per heavy atom. The summed E-state index contributed by atoms with van der Waals surface area (Å²) in [5, 5.41) is 6.95. The fourth-order valence-corrected chi connectivity index (χ4v) is 2.56. The van der Waals surface area contributed by atoms with Crippen molar-refractivity contribution in [1.82, 2.24) is 15.1 Å². The number of carbonyl (C=O) groups is 2. The maximum atomic E-state index is 11.8. The van der Waals surface area contributed by atoms with E-state index in [0.29, 0.717) is 12.3 Å². The van der Waals surface area contributed by atoms with Crippen LogP contribution in [0.25, 0.3) is 6.08 Å². The van der Waals surface area contributed by atoms with Crippen LogP contribution in [0.4, 0.5) is 0 Å². The number of furan rings is 1. The van der Waals surface area contributed by atoms with Crippen LogP contribution in [0, 0.1) is 0 Å². The van der Waals surface area contributed by atoms with Gasteiger partial charge in [-0.05, 0) is 30.7 Å². The van der Waals surface area contributed by atoms with Gasteiger partial charge in [-0.2, -0.15) is 5.10 Å². The lowest BCUT2D eigenvalue weighted by Crippen LogP contribution is -2.30. The molecule has 28 heavy (non-hydrogen) atoms. The van der Waals surface area contributed by atoms with Crippen molar-refractivity contribution >= 4 is 18.0 Å². The van der Waals surface area contributed by atoms with Crippen LogP contribution in [0.15, 0.2) is 71.6 Å². The SMILES string of the molecule is C[C@H](NC(=O)COC(=O)/C=C/c1cnn(Cc2ccccc2)c1)c1ccco1. The molecular formula is C21H21N3O4. The number of aromatic nitrogens is 2. The highest BCUT2D eigenvalue weighted by atomic mass is 16.5. The molecule has 0 spiro atoms. The molecule has 0 aliphatic heterocycles. The van der Waals surface area contributed by atoms with Gasteiger partial charge in [0.25, 0.3) is 5.91 Å². The van der Waals surface area contributed by atoms with Gasteiger partial charge in [0.05, 0.1) is 25.0 Å². The van der Waals surface area contributed by atoms with Gasteiger partial charge in [-0.25, -0.2) is 4.79 Å². The predicted molar refractivity (Wildman–Crippen MR) is 103 cm³/mol. The minimum atomic E-state index is -0.600. The lowest BCUT2D eigenvalue weighted by Gasteiger charge is -2.10. The summed E-state index contributed by atoms with van der Waals surface area (Å²) < 4.78 is 11.9. The molecule has 144 valence electrons. The van der Waals surface area contributed by atoms with E-state index in [1.807, 2.05) is 36.5 Å². The predicted octanol–water partition coefficient (Wildman–Crippen LogP) is 2.96. The number of hydrogen-bond acceptors (Lipinski definition) is 5. The molecule has 0 radical (unpaired) electrons. The molecule has 1 aromatic carbocycles. The van der Waals surface area contributed by atoms with E-state index in [2.05, 4.69) is 10.4 Å². The van der Waals surface area contributed by atoms with Crippen LogP contribution in [0.2, 0.25) is 0 Å². The summed E-state index contributed by atoms with van der Waals surface area (Å²) in [6.07, 6.45) is 7.89. The van der Waals surface area contributed by atoms with Gasteiger partial charge in [-0.1, -0.05) is 30.3 Å². The third kappa shape index (κ3) is 5.70. The van der Waals surface area contributed by atoms with E-state index >= 15 is 0 Å². The number of amides is 1. The zero-order valence-corrected chi connectivity index (χ0v) is 15.4. The van der Waals surface area contributed by atoms with E-state index in [1.165, 1.54) is 12.3 Å². The van der Waals surface area contributed by atoms with E-state index in [0.717, 1.165) is 11.1 Å². The third-order valence-corrected chi connectivity index (χ3v) is 3.95. The second kappa shape index (κ2) is 9.36. The average molecular weight is 379 g/mol. The summed E-state index contributed by atoms with van der Waals surface area (Å²) in [6.45, 7) is 2.07. The molecule has 7 heteroatoms. The van der Waals surface area contributed by atoms with Crippen LogP contribution in [-0.2, 0) is 20.9 Å². The Morgan fingerprint density at radius 1 is 1.25 bits per heavy atom. The molecule has 0 saturated carbocycles. The largest absolute Gasteiger partial charge is 0.467 e. The summed E-state index contributed by atoms with van der Waals surface area (Å²) in [7, 11) is 0. The van der Waals surface area contributed by atoms with E-state index < -0.39 is 11.9 Å². The minimum absolute atomic E-state index is 0.299. The lowest BCUT2D eigenvalue weighted by atomic mass is 10.2.